The van der Waals surface area contributed by atoms with Crippen LogP contribution in [0.4, 0.5) is 8.78 Å². The maximum atomic E-state index is 13.0. The van der Waals surface area contributed by atoms with Crippen molar-refractivity contribution in [2.75, 3.05) is 5.75 Å². The number of nitrogens with one attached hydrogen (secondary N) is 2. The van der Waals surface area contributed by atoms with Gasteiger partial charge in [0.05, 0.1) is 26.2 Å². The summed E-state index contributed by atoms with van der Waals surface area (Å²) in [5.74, 6) is -0.185. The maximum Gasteiger partial charge on any atom is 0.387 e. The molecule has 1 unspecified atom stereocenters. The monoisotopic (exact) mass is 567 g/mol. The number of hydrogen-bond acceptors (Lipinski definition) is 5. The van der Waals surface area contributed by atoms with E-state index in [0.717, 1.165) is 0 Å². The van der Waals surface area contributed by atoms with Gasteiger partial charge in [0.1, 0.15) is 23.1 Å². The van der Waals surface area contributed by atoms with Gasteiger partial charge in [-0.05, 0) is 29.8 Å². The summed E-state index contributed by atoms with van der Waals surface area (Å²) in [4.78, 5) is 19.8. The molecule has 2 N–H and O–H groups in total. The van der Waals surface area contributed by atoms with E-state index in [1.807, 2.05) is 0 Å². The average molecular weight is 568 g/mol. The molecule has 12 heteroatoms. The maximum absolute atomic E-state index is 13.0. The highest BCUT2D eigenvalue weighted by atomic mass is 35.5. The zero-order valence-corrected chi connectivity index (χ0v) is 21.9. The number of sulfone groups is 1. The van der Waals surface area contributed by atoms with E-state index in [4.69, 9.17) is 23.2 Å². The zero-order valence-electron chi connectivity index (χ0n) is 19.6. The molecular weight excluding hydrogens is 547 g/mol. The number of aromatic amines is 1. The summed E-state index contributed by atoms with van der Waals surface area (Å²) >= 11 is 13.2. The summed E-state index contributed by atoms with van der Waals surface area (Å²) in [5, 5.41) is 3.06. The topological polar surface area (TPSA) is 101 Å². The van der Waals surface area contributed by atoms with E-state index in [0.29, 0.717) is 22.4 Å². The Hall–Kier alpha value is -3.21. The SMILES string of the molecule is CCS(=O)(=O)c1ccc(C(NC(C)=O)c2nc3c(Cl)c(-c4ccccc4OC(F)F)c(Cl)cc3[nH]2)cc1. The third-order valence-electron chi connectivity index (χ3n) is 5.63. The van der Waals surface area contributed by atoms with E-state index in [1.165, 1.54) is 25.1 Å². The van der Waals surface area contributed by atoms with Crippen LogP contribution >= 0.6 is 23.2 Å². The van der Waals surface area contributed by atoms with Crippen LogP contribution in [0.1, 0.15) is 31.3 Å². The second-order valence-electron chi connectivity index (χ2n) is 8.05. The van der Waals surface area contributed by atoms with Gasteiger partial charge in [-0.2, -0.15) is 8.78 Å². The lowest BCUT2D eigenvalue weighted by Crippen LogP contribution is -2.27. The normalized spacial score (nSPS) is 12.6. The first-order valence-electron chi connectivity index (χ1n) is 11.0. The number of aromatic nitrogens is 2. The number of nitrogens with zero attached hydrogens (tertiary/aromatic N) is 1. The lowest BCUT2D eigenvalue weighted by molar-refractivity contribution is -0.119. The number of rotatable bonds is 8. The Labute approximate surface area is 221 Å². The van der Waals surface area contributed by atoms with Crippen molar-refractivity contribution in [1.82, 2.24) is 15.3 Å². The van der Waals surface area contributed by atoms with Crippen LogP contribution in [0.25, 0.3) is 22.2 Å². The largest absolute Gasteiger partial charge is 0.434 e. The number of halogens is 4. The third kappa shape index (κ3) is 5.56. The highest BCUT2D eigenvalue weighted by Gasteiger charge is 2.24. The first kappa shape index (κ1) is 26.8. The molecule has 0 aliphatic heterocycles. The number of amides is 1. The molecule has 1 atom stereocenters. The number of alkyl halides is 2. The first-order valence-corrected chi connectivity index (χ1v) is 13.4. The van der Waals surface area contributed by atoms with Crippen molar-refractivity contribution in [2.24, 2.45) is 0 Å². The standard InChI is InChI=1S/C25H21Cl2F2N3O4S/c1-3-37(34,35)15-10-8-14(9-11-15)22(30-13(2)33)24-31-18-12-17(26)20(21(27)23(18)32-24)16-6-4-5-7-19(16)36-25(28)29/h4-12,22,25H,3H2,1-2H3,(H,30,33)(H,31,32). The minimum Gasteiger partial charge on any atom is -0.434 e. The molecule has 0 bridgehead atoms. The fourth-order valence-corrected chi connectivity index (χ4v) is 5.49. The number of ether oxygens (including phenoxy) is 1. The van der Waals surface area contributed by atoms with E-state index < -0.39 is 22.5 Å². The van der Waals surface area contributed by atoms with E-state index in [-0.39, 0.29) is 43.5 Å². The summed E-state index contributed by atoms with van der Waals surface area (Å²) in [7, 11) is -3.40. The van der Waals surface area contributed by atoms with Crippen molar-refractivity contribution in [3.63, 3.8) is 0 Å². The van der Waals surface area contributed by atoms with Crippen LogP contribution in [0.2, 0.25) is 10.0 Å². The molecule has 7 nitrogen and oxygen atoms in total. The van der Waals surface area contributed by atoms with Gasteiger partial charge < -0.3 is 15.0 Å². The molecule has 0 aliphatic rings. The number of H-pyrrole nitrogens is 1. The van der Waals surface area contributed by atoms with Crippen LogP contribution in [0.15, 0.2) is 59.5 Å². The molecule has 194 valence electrons. The van der Waals surface area contributed by atoms with E-state index >= 15 is 0 Å². The average Bonchev–Trinajstić information content (AvgIpc) is 3.27. The molecule has 0 saturated heterocycles. The van der Waals surface area contributed by atoms with Crippen LogP contribution in [0, 0.1) is 0 Å². The molecule has 1 heterocycles. The molecule has 0 saturated carbocycles. The van der Waals surface area contributed by atoms with Crippen molar-refractivity contribution < 1.29 is 26.7 Å². The lowest BCUT2D eigenvalue weighted by atomic mass is 10.0. The number of carbonyl (C=O) groups is 1. The highest BCUT2D eigenvalue weighted by Crippen LogP contribution is 2.43. The molecule has 3 aromatic carbocycles. The number of benzene rings is 3. The predicted molar refractivity (Wildman–Crippen MR) is 138 cm³/mol. The molecule has 1 aromatic heterocycles. The van der Waals surface area contributed by atoms with Crippen LogP contribution in [-0.4, -0.2) is 36.7 Å². The Bertz CT molecular complexity index is 1580. The molecule has 4 aromatic rings. The van der Waals surface area contributed by atoms with Crippen LogP contribution in [0.3, 0.4) is 0 Å². The van der Waals surface area contributed by atoms with E-state index in [2.05, 4.69) is 20.0 Å². The van der Waals surface area contributed by atoms with Crippen molar-refractivity contribution >= 4 is 50.0 Å². The van der Waals surface area contributed by atoms with Gasteiger partial charge in [0.15, 0.2) is 9.84 Å². The minimum absolute atomic E-state index is 0.0435. The number of carbonyl (C=O) groups excluding carboxylic acids is 1. The van der Waals surface area contributed by atoms with Gasteiger partial charge in [-0.1, -0.05) is 60.5 Å². The predicted octanol–water partition coefficient (Wildman–Crippen LogP) is 6.16. The second kappa shape index (κ2) is 10.6. The van der Waals surface area contributed by atoms with E-state index in [1.54, 1.807) is 43.3 Å². The Morgan fingerprint density at radius 3 is 2.43 bits per heavy atom. The summed E-state index contributed by atoms with van der Waals surface area (Å²) < 4.78 is 54.9. The quantitative estimate of drug-likeness (QED) is 0.265. The molecule has 0 fully saturated rings. The van der Waals surface area contributed by atoms with Crippen molar-refractivity contribution in [3.8, 4) is 16.9 Å². The summed E-state index contributed by atoms with van der Waals surface area (Å²) in [5.41, 5.74) is 1.83. The van der Waals surface area contributed by atoms with Crippen molar-refractivity contribution in [3.05, 3.63) is 76.0 Å². The van der Waals surface area contributed by atoms with Crippen LogP contribution in [-0.2, 0) is 14.6 Å². The fraction of sp³-hybridized carbons (Fsp3) is 0.200. The Kier molecular flexibility index (Phi) is 7.72. The molecular formula is C25H21Cl2F2N3O4S. The first-order chi connectivity index (χ1) is 17.5. The molecule has 4 rings (SSSR count). The van der Waals surface area contributed by atoms with E-state index in [9.17, 15) is 22.0 Å². The molecule has 0 spiro atoms. The Morgan fingerprint density at radius 2 is 1.81 bits per heavy atom. The van der Waals surface area contributed by atoms with Crippen molar-refractivity contribution in [1.29, 1.82) is 0 Å². The number of fused-ring (bicyclic) bond motifs is 1. The molecule has 0 radical (unpaired) electrons. The van der Waals surface area contributed by atoms with Gasteiger partial charge in [-0.25, -0.2) is 13.4 Å². The number of imidazole rings is 1. The van der Waals surface area contributed by atoms with Gasteiger partial charge in [0, 0.05) is 18.1 Å². The third-order valence-corrected chi connectivity index (χ3v) is 8.05. The van der Waals surface area contributed by atoms with Crippen LogP contribution in [0.5, 0.6) is 5.75 Å². The van der Waals surface area contributed by atoms with Gasteiger partial charge in [0.2, 0.25) is 5.91 Å². The Balaban J connectivity index is 1.83. The van der Waals surface area contributed by atoms with Gasteiger partial charge in [0.25, 0.3) is 0 Å². The van der Waals surface area contributed by atoms with Gasteiger partial charge >= 0.3 is 6.61 Å². The lowest BCUT2D eigenvalue weighted by Gasteiger charge is -2.16. The summed E-state index contributed by atoms with van der Waals surface area (Å²) in [6, 6.07) is 13.0. The summed E-state index contributed by atoms with van der Waals surface area (Å²) in [6.45, 7) is -0.150. The molecule has 1 amide bonds. The van der Waals surface area contributed by atoms with Gasteiger partial charge in [-0.3, -0.25) is 4.79 Å². The highest BCUT2D eigenvalue weighted by molar-refractivity contribution is 7.91. The molecule has 37 heavy (non-hydrogen) atoms. The zero-order chi connectivity index (χ0) is 26.9. The number of hydrogen-bond donors (Lipinski definition) is 2. The van der Waals surface area contributed by atoms with Gasteiger partial charge in [-0.15, -0.1) is 0 Å². The molecule has 0 aliphatic carbocycles. The number of para-hydroxylation sites is 1. The second-order valence-corrected chi connectivity index (χ2v) is 11.1. The van der Waals surface area contributed by atoms with Crippen molar-refractivity contribution in [2.45, 2.75) is 31.4 Å². The Morgan fingerprint density at radius 1 is 1.14 bits per heavy atom. The van der Waals surface area contributed by atoms with Crippen LogP contribution < -0.4 is 10.1 Å². The smallest absolute Gasteiger partial charge is 0.387 e. The fourth-order valence-electron chi connectivity index (χ4n) is 3.90. The minimum atomic E-state index is -3.40. The summed E-state index contributed by atoms with van der Waals surface area (Å²) in [6.07, 6.45) is 0.